The number of carboxylic acid groups (broad SMARTS) is 1. The van der Waals surface area contributed by atoms with E-state index in [4.69, 9.17) is 9.84 Å². The quantitative estimate of drug-likeness (QED) is 0.725. The lowest BCUT2D eigenvalue weighted by molar-refractivity contribution is -0.138. The first-order chi connectivity index (χ1) is 12.6. The lowest BCUT2D eigenvalue weighted by Gasteiger charge is -2.09. The van der Waals surface area contributed by atoms with Gasteiger partial charge in [-0.15, -0.1) is 0 Å². The van der Waals surface area contributed by atoms with E-state index in [1.54, 1.807) is 0 Å². The first kappa shape index (κ1) is 20.0. The summed E-state index contributed by atoms with van der Waals surface area (Å²) in [6, 6.07) is 9.29. The number of benzene rings is 2. The van der Waals surface area contributed by atoms with Crippen LogP contribution < -0.4 is 10.1 Å². The molecule has 0 saturated heterocycles. The van der Waals surface area contributed by atoms with Crippen molar-refractivity contribution in [1.82, 2.24) is 0 Å². The van der Waals surface area contributed by atoms with Gasteiger partial charge < -0.3 is 9.84 Å². The SMILES string of the molecule is O=C(O)CCC(=O)c1ccc(NC(=O)Oc2ccc(C(F)(F)F)cc2)cc1. The standard InChI is InChI=1S/C18H14F3NO5/c19-18(20,21)12-3-7-14(8-4-12)27-17(26)22-13-5-1-11(2-6-13)15(23)9-10-16(24)25/h1-8H,9-10H2,(H,22,26)(H,24,25). The molecule has 0 heterocycles. The number of rotatable bonds is 6. The maximum Gasteiger partial charge on any atom is 0.417 e. The van der Waals surface area contributed by atoms with Gasteiger partial charge in [0.05, 0.1) is 12.0 Å². The van der Waals surface area contributed by atoms with Crippen molar-refractivity contribution in [1.29, 1.82) is 0 Å². The Balaban J connectivity index is 1.92. The van der Waals surface area contributed by atoms with Crippen LogP contribution in [0.4, 0.5) is 23.7 Å². The number of halogens is 3. The number of anilines is 1. The molecule has 0 unspecified atom stereocenters. The molecule has 0 saturated carbocycles. The monoisotopic (exact) mass is 381 g/mol. The van der Waals surface area contributed by atoms with Crippen molar-refractivity contribution in [2.75, 3.05) is 5.32 Å². The number of nitrogens with one attached hydrogen (secondary N) is 1. The number of carbonyl (C=O) groups is 3. The van der Waals surface area contributed by atoms with Crippen LogP contribution in [0.15, 0.2) is 48.5 Å². The van der Waals surface area contributed by atoms with Gasteiger partial charge in [-0.05, 0) is 48.5 Å². The summed E-state index contributed by atoms with van der Waals surface area (Å²) in [7, 11) is 0. The molecule has 1 amide bonds. The molecule has 142 valence electrons. The van der Waals surface area contributed by atoms with Crippen LogP contribution in [0.2, 0.25) is 0 Å². The Labute approximate surface area is 151 Å². The van der Waals surface area contributed by atoms with Crippen LogP contribution >= 0.6 is 0 Å². The molecule has 2 aromatic carbocycles. The van der Waals surface area contributed by atoms with E-state index in [1.165, 1.54) is 24.3 Å². The van der Waals surface area contributed by atoms with E-state index in [0.717, 1.165) is 24.3 Å². The molecular formula is C18H14F3NO5. The number of carboxylic acids is 1. The summed E-state index contributed by atoms with van der Waals surface area (Å²) < 4.78 is 42.3. The first-order valence-corrected chi connectivity index (χ1v) is 7.66. The average Bonchev–Trinajstić information content (AvgIpc) is 2.60. The van der Waals surface area contributed by atoms with Crippen LogP contribution in [0.5, 0.6) is 5.75 Å². The number of amides is 1. The molecule has 6 nitrogen and oxygen atoms in total. The summed E-state index contributed by atoms with van der Waals surface area (Å²) in [6.07, 6.45) is -5.82. The summed E-state index contributed by atoms with van der Waals surface area (Å²) in [6.45, 7) is 0. The van der Waals surface area contributed by atoms with E-state index in [1.807, 2.05) is 0 Å². The number of carbonyl (C=O) groups excluding carboxylic acids is 2. The number of hydrogen-bond acceptors (Lipinski definition) is 4. The largest absolute Gasteiger partial charge is 0.481 e. The van der Waals surface area contributed by atoms with Crippen molar-refractivity contribution in [2.45, 2.75) is 19.0 Å². The van der Waals surface area contributed by atoms with E-state index in [-0.39, 0.29) is 29.9 Å². The molecule has 0 aliphatic rings. The van der Waals surface area contributed by atoms with E-state index < -0.39 is 23.8 Å². The Morgan fingerprint density at radius 1 is 0.926 bits per heavy atom. The van der Waals surface area contributed by atoms with Crippen molar-refractivity contribution in [2.24, 2.45) is 0 Å². The maximum atomic E-state index is 12.5. The van der Waals surface area contributed by atoms with Gasteiger partial charge in [-0.25, -0.2) is 4.79 Å². The molecule has 0 aliphatic heterocycles. The molecule has 2 aromatic rings. The van der Waals surface area contributed by atoms with Crippen LogP contribution in [0, 0.1) is 0 Å². The van der Waals surface area contributed by atoms with Gasteiger partial charge in [-0.2, -0.15) is 13.2 Å². The van der Waals surface area contributed by atoms with Crippen molar-refractivity contribution in [3.05, 3.63) is 59.7 Å². The lowest BCUT2D eigenvalue weighted by atomic mass is 10.1. The second kappa shape index (κ2) is 8.35. The molecule has 0 bridgehead atoms. The molecule has 9 heteroatoms. The molecule has 0 atom stereocenters. The highest BCUT2D eigenvalue weighted by atomic mass is 19.4. The zero-order chi connectivity index (χ0) is 20.0. The summed E-state index contributed by atoms with van der Waals surface area (Å²) in [5.41, 5.74) is -0.280. The van der Waals surface area contributed by atoms with Crippen molar-refractivity contribution in [3.63, 3.8) is 0 Å². The lowest BCUT2D eigenvalue weighted by Crippen LogP contribution is -2.17. The molecule has 0 aliphatic carbocycles. The fourth-order valence-corrected chi connectivity index (χ4v) is 2.07. The van der Waals surface area contributed by atoms with Crippen LogP contribution in [-0.4, -0.2) is 23.0 Å². The number of Topliss-reactive ketones (excluding diaryl/α,β-unsaturated/α-hetero) is 1. The zero-order valence-electron chi connectivity index (χ0n) is 13.7. The molecule has 0 radical (unpaired) electrons. The van der Waals surface area contributed by atoms with Crippen molar-refractivity contribution in [3.8, 4) is 5.75 Å². The third-order valence-corrected chi connectivity index (χ3v) is 3.41. The molecule has 0 spiro atoms. The molecule has 0 aromatic heterocycles. The topological polar surface area (TPSA) is 92.7 Å². The number of aliphatic carboxylic acids is 1. The van der Waals surface area contributed by atoms with Crippen LogP contribution in [0.1, 0.15) is 28.8 Å². The van der Waals surface area contributed by atoms with Gasteiger partial charge in [0.2, 0.25) is 0 Å². The van der Waals surface area contributed by atoms with E-state index in [2.05, 4.69) is 5.32 Å². The minimum atomic E-state index is -4.48. The number of ether oxygens (including phenoxy) is 1. The molecule has 27 heavy (non-hydrogen) atoms. The van der Waals surface area contributed by atoms with Crippen molar-refractivity contribution < 1.29 is 37.4 Å². The van der Waals surface area contributed by atoms with Gasteiger partial charge in [0, 0.05) is 17.7 Å². The normalized spacial score (nSPS) is 10.9. The third kappa shape index (κ3) is 6.14. The fourth-order valence-electron chi connectivity index (χ4n) is 2.07. The van der Waals surface area contributed by atoms with Gasteiger partial charge >= 0.3 is 18.2 Å². The number of hydrogen-bond donors (Lipinski definition) is 2. The summed E-state index contributed by atoms with van der Waals surface area (Å²) in [5.74, 6) is -1.50. The van der Waals surface area contributed by atoms with Crippen LogP contribution in [0.3, 0.4) is 0 Å². The van der Waals surface area contributed by atoms with E-state index in [9.17, 15) is 27.6 Å². The Bertz CT molecular complexity index is 830. The highest BCUT2D eigenvalue weighted by molar-refractivity contribution is 5.98. The summed E-state index contributed by atoms with van der Waals surface area (Å²) in [4.78, 5) is 34.0. The van der Waals surface area contributed by atoms with Crippen molar-refractivity contribution >= 4 is 23.5 Å². The van der Waals surface area contributed by atoms with E-state index in [0.29, 0.717) is 5.69 Å². The zero-order valence-corrected chi connectivity index (χ0v) is 13.7. The minimum absolute atomic E-state index is 0.0685. The minimum Gasteiger partial charge on any atom is -0.481 e. The smallest absolute Gasteiger partial charge is 0.417 e. The highest BCUT2D eigenvalue weighted by Crippen LogP contribution is 2.30. The molecule has 2 rings (SSSR count). The molecule has 2 N–H and O–H groups in total. The summed E-state index contributed by atoms with van der Waals surface area (Å²) >= 11 is 0. The number of alkyl halides is 3. The third-order valence-electron chi connectivity index (χ3n) is 3.41. The Morgan fingerprint density at radius 3 is 2.04 bits per heavy atom. The van der Waals surface area contributed by atoms with Crippen LogP contribution in [0.25, 0.3) is 0 Å². The fraction of sp³-hybridized carbons (Fsp3) is 0.167. The van der Waals surface area contributed by atoms with Gasteiger partial charge in [0.1, 0.15) is 5.75 Å². The number of ketones is 1. The van der Waals surface area contributed by atoms with Gasteiger partial charge in [0.25, 0.3) is 0 Å². The summed E-state index contributed by atoms with van der Waals surface area (Å²) in [5, 5.41) is 10.9. The highest BCUT2D eigenvalue weighted by Gasteiger charge is 2.30. The predicted molar refractivity (Wildman–Crippen MR) is 88.7 cm³/mol. The first-order valence-electron chi connectivity index (χ1n) is 7.66. The Kier molecular flexibility index (Phi) is 6.17. The average molecular weight is 381 g/mol. The van der Waals surface area contributed by atoms with Gasteiger partial charge in [-0.3, -0.25) is 14.9 Å². The van der Waals surface area contributed by atoms with Gasteiger partial charge in [-0.1, -0.05) is 0 Å². The maximum absolute atomic E-state index is 12.5. The molecule has 0 fully saturated rings. The second-order valence-electron chi connectivity index (χ2n) is 5.43. The van der Waals surface area contributed by atoms with Crippen LogP contribution in [-0.2, 0) is 11.0 Å². The second-order valence-corrected chi connectivity index (χ2v) is 5.43. The predicted octanol–water partition coefficient (Wildman–Crippen LogP) is 4.36. The van der Waals surface area contributed by atoms with Gasteiger partial charge in [0.15, 0.2) is 5.78 Å². The Hall–Kier alpha value is -3.36. The van der Waals surface area contributed by atoms with E-state index >= 15 is 0 Å². The molecular weight excluding hydrogens is 367 g/mol. The Morgan fingerprint density at radius 2 is 1.52 bits per heavy atom.